The van der Waals surface area contributed by atoms with Gasteiger partial charge in [0.2, 0.25) is 0 Å². The minimum absolute atomic E-state index is 0.462. The standard InChI is InChI=1S/C25H28N6O3/c1-15-11-17(8-10-20(15)33-18-9-7-16(2)26-13-18)29-23-22-19(27-14-28-23)12-21(30-22)31(6)24(32)34-25(3,4)5/h7-14,30H,1-6H3,(H,27,28,29). The van der Waals surface area contributed by atoms with Gasteiger partial charge in [0, 0.05) is 24.5 Å². The van der Waals surface area contributed by atoms with Gasteiger partial charge in [-0.1, -0.05) is 0 Å². The molecule has 9 heteroatoms. The van der Waals surface area contributed by atoms with Crippen LogP contribution in [0.4, 0.5) is 22.1 Å². The van der Waals surface area contributed by atoms with E-state index in [2.05, 4.69) is 25.3 Å². The highest BCUT2D eigenvalue weighted by molar-refractivity contribution is 5.95. The molecule has 1 amide bonds. The topological polar surface area (TPSA) is 105 Å². The Morgan fingerprint density at radius 1 is 1.06 bits per heavy atom. The average Bonchev–Trinajstić information content (AvgIpc) is 3.21. The monoisotopic (exact) mass is 460 g/mol. The molecule has 0 fully saturated rings. The third-order valence-electron chi connectivity index (χ3n) is 4.98. The molecule has 1 aromatic carbocycles. The lowest BCUT2D eigenvalue weighted by Crippen LogP contribution is -2.34. The number of hydrogen-bond donors (Lipinski definition) is 2. The summed E-state index contributed by atoms with van der Waals surface area (Å²) in [6.07, 6.45) is 2.72. The molecule has 0 aliphatic carbocycles. The number of nitrogens with one attached hydrogen (secondary N) is 2. The highest BCUT2D eigenvalue weighted by Gasteiger charge is 2.22. The fourth-order valence-corrected chi connectivity index (χ4v) is 3.25. The molecule has 0 saturated carbocycles. The van der Waals surface area contributed by atoms with Crippen molar-refractivity contribution in [1.29, 1.82) is 0 Å². The van der Waals surface area contributed by atoms with Gasteiger partial charge in [-0.15, -0.1) is 0 Å². The van der Waals surface area contributed by atoms with E-state index in [4.69, 9.17) is 9.47 Å². The van der Waals surface area contributed by atoms with Gasteiger partial charge in [-0.2, -0.15) is 0 Å². The number of aromatic nitrogens is 4. The molecule has 9 nitrogen and oxygen atoms in total. The smallest absolute Gasteiger partial charge is 0.415 e. The molecule has 0 saturated heterocycles. The number of aromatic amines is 1. The fraction of sp³-hybridized carbons (Fsp3) is 0.280. The summed E-state index contributed by atoms with van der Waals surface area (Å²) in [5, 5.41) is 3.32. The Balaban J connectivity index is 1.54. The summed E-state index contributed by atoms with van der Waals surface area (Å²) in [5.41, 5.74) is 3.48. The van der Waals surface area contributed by atoms with Gasteiger partial charge in [-0.3, -0.25) is 9.88 Å². The predicted octanol–water partition coefficient (Wildman–Crippen LogP) is 5.88. The summed E-state index contributed by atoms with van der Waals surface area (Å²) in [7, 11) is 1.64. The Kier molecular flexibility index (Phi) is 6.10. The van der Waals surface area contributed by atoms with Gasteiger partial charge in [-0.05, 0) is 70.5 Å². The van der Waals surface area contributed by atoms with E-state index in [1.807, 2.05) is 65.0 Å². The highest BCUT2D eigenvalue weighted by Crippen LogP contribution is 2.30. The van der Waals surface area contributed by atoms with E-state index in [0.29, 0.717) is 28.4 Å². The largest absolute Gasteiger partial charge is 0.455 e. The maximum absolute atomic E-state index is 12.4. The van der Waals surface area contributed by atoms with E-state index in [9.17, 15) is 4.79 Å². The second-order valence-corrected chi connectivity index (χ2v) is 9.02. The lowest BCUT2D eigenvalue weighted by Gasteiger charge is -2.23. The average molecular weight is 461 g/mol. The van der Waals surface area contributed by atoms with Crippen LogP contribution in [0.5, 0.6) is 11.5 Å². The van der Waals surface area contributed by atoms with E-state index in [-0.39, 0.29) is 0 Å². The first-order chi connectivity index (χ1) is 16.1. The van der Waals surface area contributed by atoms with Crippen molar-refractivity contribution in [2.24, 2.45) is 0 Å². The van der Waals surface area contributed by atoms with Crippen LogP contribution in [0.3, 0.4) is 0 Å². The summed E-state index contributed by atoms with van der Waals surface area (Å²) >= 11 is 0. The number of benzene rings is 1. The molecule has 4 rings (SSSR count). The van der Waals surface area contributed by atoms with Crippen molar-refractivity contribution in [1.82, 2.24) is 19.9 Å². The van der Waals surface area contributed by atoms with Crippen molar-refractivity contribution in [2.45, 2.75) is 40.2 Å². The number of anilines is 3. The molecule has 0 spiro atoms. The van der Waals surface area contributed by atoms with Crippen LogP contribution < -0.4 is 15.0 Å². The molecule has 176 valence electrons. The molecule has 34 heavy (non-hydrogen) atoms. The zero-order valence-corrected chi connectivity index (χ0v) is 20.1. The first-order valence-corrected chi connectivity index (χ1v) is 10.9. The van der Waals surface area contributed by atoms with Crippen molar-refractivity contribution >= 4 is 34.4 Å². The first-order valence-electron chi connectivity index (χ1n) is 10.9. The number of H-pyrrole nitrogens is 1. The molecule has 0 unspecified atom stereocenters. The van der Waals surface area contributed by atoms with Gasteiger partial charge in [-0.25, -0.2) is 14.8 Å². The Morgan fingerprint density at radius 2 is 1.85 bits per heavy atom. The highest BCUT2D eigenvalue weighted by atomic mass is 16.6. The van der Waals surface area contributed by atoms with Crippen molar-refractivity contribution in [3.63, 3.8) is 0 Å². The minimum Gasteiger partial charge on any atom is -0.455 e. The minimum atomic E-state index is -0.590. The molecular weight excluding hydrogens is 432 g/mol. The second kappa shape index (κ2) is 9.01. The summed E-state index contributed by atoms with van der Waals surface area (Å²) in [6, 6.07) is 11.4. The van der Waals surface area contributed by atoms with Crippen LogP contribution in [0.1, 0.15) is 32.0 Å². The molecule has 0 aliphatic heterocycles. The molecule has 3 heterocycles. The fourth-order valence-electron chi connectivity index (χ4n) is 3.25. The number of carbonyl (C=O) groups is 1. The lowest BCUT2D eigenvalue weighted by molar-refractivity contribution is 0.0588. The number of ether oxygens (including phenoxy) is 2. The van der Waals surface area contributed by atoms with Gasteiger partial charge in [0.15, 0.2) is 5.82 Å². The van der Waals surface area contributed by atoms with E-state index in [0.717, 1.165) is 22.7 Å². The normalized spacial score (nSPS) is 11.4. The van der Waals surface area contributed by atoms with Crippen LogP contribution >= 0.6 is 0 Å². The molecule has 0 bridgehead atoms. The quantitative estimate of drug-likeness (QED) is 0.383. The van der Waals surface area contributed by atoms with Crippen molar-refractivity contribution in [3.8, 4) is 11.5 Å². The SMILES string of the molecule is Cc1ccc(Oc2ccc(Nc3ncnc4cc(N(C)C(=O)OC(C)(C)C)[nH]c34)cc2C)cn1. The van der Waals surface area contributed by atoms with E-state index in [1.165, 1.54) is 11.2 Å². The second-order valence-electron chi connectivity index (χ2n) is 9.02. The maximum Gasteiger partial charge on any atom is 0.415 e. The zero-order valence-electron chi connectivity index (χ0n) is 20.1. The molecule has 0 atom stereocenters. The van der Waals surface area contributed by atoms with Crippen molar-refractivity contribution in [2.75, 3.05) is 17.3 Å². The molecular formula is C25H28N6O3. The third-order valence-corrected chi connectivity index (χ3v) is 4.98. The Bertz CT molecular complexity index is 1320. The molecule has 0 aliphatic rings. The Morgan fingerprint density at radius 3 is 2.53 bits per heavy atom. The number of fused-ring (bicyclic) bond motifs is 1. The van der Waals surface area contributed by atoms with Gasteiger partial charge in [0.1, 0.15) is 34.8 Å². The number of carbonyl (C=O) groups excluding carboxylic acids is 1. The van der Waals surface area contributed by atoms with E-state index >= 15 is 0 Å². The van der Waals surface area contributed by atoms with Crippen LogP contribution in [0.25, 0.3) is 11.0 Å². The number of pyridine rings is 1. The van der Waals surface area contributed by atoms with Crippen LogP contribution in [0, 0.1) is 13.8 Å². The van der Waals surface area contributed by atoms with E-state index < -0.39 is 11.7 Å². The Hall–Kier alpha value is -4.14. The number of amides is 1. The zero-order chi connectivity index (χ0) is 24.5. The molecule has 3 aromatic heterocycles. The summed E-state index contributed by atoms with van der Waals surface area (Å²) < 4.78 is 11.4. The maximum atomic E-state index is 12.4. The lowest BCUT2D eigenvalue weighted by atomic mass is 10.2. The third kappa shape index (κ3) is 5.25. The van der Waals surface area contributed by atoms with Crippen LogP contribution in [-0.4, -0.2) is 38.7 Å². The number of nitrogens with zero attached hydrogens (tertiary/aromatic N) is 4. The first kappa shape index (κ1) is 23.0. The molecule has 4 aromatic rings. The van der Waals surface area contributed by atoms with Crippen LogP contribution in [0.15, 0.2) is 48.9 Å². The molecule has 0 radical (unpaired) electrons. The summed E-state index contributed by atoms with van der Waals surface area (Å²) in [6.45, 7) is 9.39. The summed E-state index contributed by atoms with van der Waals surface area (Å²) in [4.78, 5) is 30.0. The van der Waals surface area contributed by atoms with E-state index in [1.54, 1.807) is 19.3 Å². The van der Waals surface area contributed by atoms with Crippen molar-refractivity contribution in [3.05, 3.63) is 60.2 Å². The van der Waals surface area contributed by atoms with Crippen molar-refractivity contribution < 1.29 is 14.3 Å². The van der Waals surface area contributed by atoms with Gasteiger partial charge < -0.3 is 19.8 Å². The number of hydrogen-bond acceptors (Lipinski definition) is 7. The summed E-state index contributed by atoms with van der Waals surface area (Å²) in [5.74, 6) is 2.56. The number of aryl methyl sites for hydroxylation is 2. The van der Waals surface area contributed by atoms with Crippen LogP contribution in [-0.2, 0) is 4.74 Å². The van der Waals surface area contributed by atoms with Crippen LogP contribution in [0.2, 0.25) is 0 Å². The molecule has 2 N–H and O–H groups in total. The predicted molar refractivity (Wildman–Crippen MR) is 132 cm³/mol. The Labute approximate surface area is 198 Å². The number of rotatable bonds is 5. The van der Waals surface area contributed by atoms with Gasteiger partial charge >= 0.3 is 6.09 Å². The van der Waals surface area contributed by atoms with Gasteiger partial charge in [0.25, 0.3) is 0 Å². The van der Waals surface area contributed by atoms with Gasteiger partial charge in [0.05, 0.1) is 11.7 Å².